The van der Waals surface area contributed by atoms with Gasteiger partial charge < -0.3 is 14.2 Å². The molecule has 1 aliphatic rings. The van der Waals surface area contributed by atoms with Crippen LogP contribution in [0.1, 0.15) is 56.8 Å². The van der Waals surface area contributed by atoms with Gasteiger partial charge in [-0.2, -0.15) is 0 Å². The van der Waals surface area contributed by atoms with E-state index >= 15 is 0 Å². The first-order valence-electron chi connectivity index (χ1n) is 9.35. The Morgan fingerprint density at radius 1 is 0.962 bits per heavy atom. The molecule has 0 saturated heterocycles. The van der Waals surface area contributed by atoms with Crippen LogP contribution in [0.25, 0.3) is 0 Å². The van der Waals surface area contributed by atoms with E-state index in [1.165, 1.54) is 0 Å². The summed E-state index contributed by atoms with van der Waals surface area (Å²) in [6.45, 7) is 6.59. The molecule has 2 rings (SSSR count). The second kappa shape index (κ2) is 9.72. The van der Waals surface area contributed by atoms with Gasteiger partial charge in [-0.15, -0.1) is 0 Å². The molecule has 1 aliphatic carbocycles. The van der Waals surface area contributed by atoms with Gasteiger partial charge in [0.1, 0.15) is 12.2 Å². The van der Waals surface area contributed by atoms with Crippen LogP contribution in [-0.2, 0) is 19.0 Å². The van der Waals surface area contributed by atoms with E-state index in [4.69, 9.17) is 14.2 Å². The Bertz CT molecular complexity index is 568. The van der Waals surface area contributed by atoms with Crippen molar-refractivity contribution in [3.8, 4) is 0 Å². The van der Waals surface area contributed by atoms with Crippen LogP contribution in [0.3, 0.4) is 0 Å². The molecule has 0 spiro atoms. The minimum Gasteiger partial charge on any atom is -0.462 e. The Morgan fingerprint density at radius 2 is 1.54 bits per heavy atom. The molecule has 0 bridgehead atoms. The third-order valence-corrected chi connectivity index (χ3v) is 4.42. The molecule has 1 aromatic rings. The first-order chi connectivity index (χ1) is 12.3. The van der Waals surface area contributed by atoms with E-state index in [9.17, 15) is 9.59 Å². The second-order valence-corrected chi connectivity index (χ2v) is 7.95. The van der Waals surface area contributed by atoms with Crippen molar-refractivity contribution in [2.45, 2.75) is 52.1 Å². The average molecular weight is 362 g/mol. The fraction of sp³-hybridized carbons (Fsp3) is 0.619. The SMILES string of the molecule is CC(C)(C)OC(=O)COCC1CCC(COC(=O)c2ccccc2)CC1. The van der Waals surface area contributed by atoms with Crippen LogP contribution >= 0.6 is 0 Å². The molecule has 5 heteroatoms. The molecule has 0 aromatic heterocycles. The van der Waals surface area contributed by atoms with Gasteiger partial charge in [-0.05, 0) is 70.4 Å². The van der Waals surface area contributed by atoms with E-state index in [1.807, 2.05) is 39.0 Å². The monoisotopic (exact) mass is 362 g/mol. The molecule has 0 radical (unpaired) electrons. The highest BCUT2D eigenvalue weighted by Crippen LogP contribution is 2.29. The van der Waals surface area contributed by atoms with Crippen LogP contribution in [0.5, 0.6) is 0 Å². The van der Waals surface area contributed by atoms with Crippen molar-refractivity contribution in [3.63, 3.8) is 0 Å². The Hall–Kier alpha value is -1.88. The van der Waals surface area contributed by atoms with Crippen LogP contribution in [-0.4, -0.2) is 37.4 Å². The standard InChI is InChI=1S/C21H30O5/c1-21(2,3)26-19(22)15-24-13-16-9-11-17(12-10-16)14-25-20(23)18-7-5-4-6-8-18/h4-8,16-17H,9-15H2,1-3H3. The number of ether oxygens (including phenoxy) is 3. The first-order valence-corrected chi connectivity index (χ1v) is 9.35. The van der Waals surface area contributed by atoms with Crippen molar-refractivity contribution in [2.24, 2.45) is 11.8 Å². The van der Waals surface area contributed by atoms with Crippen molar-refractivity contribution in [1.29, 1.82) is 0 Å². The fourth-order valence-corrected chi connectivity index (χ4v) is 3.10. The van der Waals surface area contributed by atoms with E-state index in [0.717, 1.165) is 25.7 Å². The zero-order valence-electron chi connectivity index (χ0n) is 16.0. The lowest BCUT2D eigenvalue weighted by Crippen LogP contribution is -2.28. The summed E-state index contributed by atoms with van der Waals surface area (Å²) in [6, 6.07) is 9.07. The van der Waals surface area contributed by atoms with Crippen molar-refractivity contribution in [2.75, 3.05) is 19.8 Å². The fourth-order valence-electron chi connectivity index (χ4n) is 3.10. The minimum absolute atomic E-state index is 0.00584. The predicted molar refractivity (Wildman–Crippen MR) is 98.8 cm³/mol. The summed E-state index contributed by atoms with van der Waals surface area (Å²) in [5.74, 6) is 0.288. The molecular formula is C21H30O5. The van der Waals surface area contributed by atoms with Gasteiger partial charge in [0, 0.05) is 0 Å². The average Bonchev–Trinajstić information content (AvgIpc) is 2.60. The highest BCUT2D eigenvalue weighted by molar-refractivity contribution is 5.89. The van der Waals surface area contributed by atoms with E-state index in [-0.39, 0.29) is 18.5 Å². The Morgan fingerprint density at radius 3 is 2.12 bits per heavy atom. The Kier molecular flexibility index (Phi) is 7.64. The number of carbonyl (C=O) groups is 2. The highest BCUT2D eigenvalue weighted by Gasteiger charge is 2.23. The Labute approximate surface area is 156 Å². The molecule has 1 aromatic carbocycles. The molecule has 1 saturated carbocycles. The lowest BCUT2D eigenvalue weighted by Gasteiger charge is -2.28. The van der Waals surface area contributed by atoms with Gasteiger partial charge in [0.05, 0.1) is 18.8 Å². The lowest BCUT2D eigenvalue weighted by atomic mass is 9.83. The van der Waals surface area contributed by atoms with Crippen molar-refractivity contribution in [1.82, 2.24) is 0 Å². The summed E-state index contributed by atoms with van der Waals surface area (Å²) >= 11 is 0. The van der Waals surface area contributed by atoms with Crippen molar-refractivity contribution in [3.05, 3.63) is 35.9 Å². The molecule has 1 fully saturated rings. The third-order valence-electron chi connectivity index (χ3n) is 4.42. The molecule has 0 unspecified atom stereocenters. The quantitative estimate of drug-likeness (QED) is 0.686. The number of esters is 2. The van der Waals surface area contributed by atoms with Crippen LogP contribution in [0.15, 0.2) is 30.3 Å². The number of rotatable bonds is 7. The maximum atomic E-state index is 12.0. The number of hydrogen-bond donors (Lipinski definition) is 0. The number of benzene rings is 1. The number of hydrogen-bond acceptors (Lipinski definition) is 5. The van der Waals surface area contributed by atoms with Crippen molar-refractivity contribution < 1.29 is 23.8 Å². The Balaban J connectivity index is 1.59. The molecule has 0 heterocycles. The van der Waals surface area contributed by atoms with Gasteiger partial charge in [-0.1, -0.05) is 18.2 Å². The van der Waals surface area contributed by atoms with Gasteiger partial charge in [-0.3, -0.25) is 0 Å². The summed E-state index contributed by atoms with van der Waals surface area (Å²) in [6.07, 6.45) is 4.09. The maximum Gasteiger partial charge on any atom is 0.338 e. The molecule has 0 amide bonds. The van der Waals surface area contributed by atoms with Gasteiger partial charge in [0.25, 0.3) is 0 Å². The zero-order chi connectivity index (χ0) is 19.0. The smallest absolute Gasteiger partial charge is 0.338 e. The molecule has 0 N–H and O–H groups in total. The molecular weight excluding hydrogens is 332 g/mol. The van der Waals surface area contributed by atoms with E-state index in [2.05, 4.69) is 0 Å². The highest BCUT2D eigenvalue weighted by atomic mass is 16.6. The van der Waals surface area contributed by atoms with Crippen LogP contribution < -0.4 is 0 Å². The summed E-state index contributed by atoms with van der Waals surface area (Å²) in [7, 11) is 0. The molecule has 5 nitrogen and oxygen atoms in total. The van der Waals surface area contributed by atoms with Crippen molar-refractivity contribution >= 4 is 11.9 Å². The molecule has 26 heavy (non-hydrogen) atoms. The molecule has 0 atom stereocenters. The predicted octanol–water partition coefficient (Wildman–Crippen LogP) is 4.01. The first kappa shape index (κ1) is 20.4. The van der Waals surface area contributed by atoms with E-state index in [1.54, 1.807) is 12.1 Å². The van der Waals surface area contributed by atoms with Crippen LogP contribution in [0.2, 0.25) is 0 Å². The lowest BCUT2D eigenvalue weighted by molar-refractivity contribution is -0.160. The topological polar surface area (TPSA) is 61.8 Å². The van der Waals surface area contributed by atoms with Crippen LogP contribution in [0, 0.1) is 11.8 Å². The van der Waals surface area contributed by atoms with Gasteiger partial charge >= 0.3 is 11.9 Å². The number of carbonyl (C=O) groups excluding carboxylic acids is 2. The largest absolute Gasteiger partial charge is 0.462 e. The summed E-state index contributed by atoms with van der Waals surface area (Å²) in [5.41, 5.74) is 0.118. The maximum absolute atomic E-state index is 12.0. The van der Waals surface area contributed by atoms with Gasteiger partial charge in [0.2, 0.25) is 0 Å². The normalized spacial score (nSPS) is 20.4. The van der Waals surface area contributed by atoms with E-state index < -0.39 is 5.60 Å². The molecule has 0 aliphatic heterocycles. The summed E-state index contributed by atoms with van der Waals surface area (Å²) < 4.78 is 16.2. The van der Waals surface area contributed by atoms with Gasteiger partial charge in [-0.25, -0.2) is 9.59 Å². The van der Waals surface area contributed by atoms with Gasteiger partial charge in [0.15, 0.2) is 0 Å². The van der Waals surface area contributed by atoms with Crippen LogP contribution in [0.4, 0.5) is 0 Å². The summed E-state index contributed by atoms with van der Waals surface area (Å²) in [5, 5.41) is 0. The minimum atomic E-state index is -0.477. The summed E-state index contributed by atoms with van der Waals surface area (Å²) in [4.78, 5) is 23.6. The zero-order valence-corrected chi connectivity index (χ0v) is 16.0. The third kappa shape index (κ3) is 7.56. The molecule has 144 valence electrons. The van der Waals surface area contributed by atoms with E-state index in [0.29, 0.717) is 30.6 Å². The second-order valence-electron chi connectivity index (χ2n) is 7.95.